The minimum absolute atomic E-state index is 0.0818. The summed E-state index contributed by atoms with van der Waals surface area (Å²) in [6.07, 6.45) is 3.86. The van der Waals surface area contributed by atoms with Gasteiger partial charge >= 0.3 is 0 Å². The smallest absolute Gasteiger partial charge is 0.246 e. The first-order valence-corrected chi connectivity index (χ1v) is 10.00. The molecule has 0 spiro atoms. The van der Waals surface area contributed by atoms with E-state index in [2.05, 4.69) is 0 Å². The second-order valence-electron chi connectivity index (χ2n) is 5.78. The van der Waals surface area contributed by atoms with Crippen LogP contribution >= 0.6 is 11.3 Å². The van der Waals surface area contributed by atoms with Crippen molar-refractivity contribution in [2.75, 3.05) is 38.7 Å². The van der Waals surface area contributed by atoms with Crippen LogP contribution in [0.15, 0.2) is 22.9 Å². The lowest BCUT2D eigenvalue weighted by Crippen LogP contribution is -2.43. The number of sulfone groups is 1. The Balaban J connectivity index is 2.07. The molecule has 122 valence electrons. The minimum Gasteiger partial charge on any atom is -0.334 e. The Morgan fingerprint density at radius 2 is 2.18 bits per heavy atom. The number of amides is 1. The van der Waals surface area contributed by atoms with Crippen LogP contribution in [0.1, 0.15) is 12.0 Å². The van der Waals surface area contributed by atoms with Crippen molar-refractivity contribution in [3.05, 3.63) is 28.5 Å². The monoisotopic (exact) mass is 342 g/mol. The maximum atomic E-state index is 12.5. The molecule has 0 aromatic carbocycles. The minimum atomic E-state index is -3.00. The van der Waals surface area contributed by atoms with Crippen LogP contribution in [-0.2, 0) is 14.6 Å². The molecular formula is C15H22N2O3S2. The second kappa shape index (κ2) is 7.39. The predicted molar refractivity (Wildman–Crippen MR) is 90.7 cm³/mol. The van der Waals surface area contributed by atoms with Crippen LogP contribution in [0.3, 0.4) is 0 Å². The summed E-state index contributed by atoms with van der Waals surface area (Å²) in [5.41, 5.74) is 0.991. The molecule has 1 saturated heterocycles. The Hall–Kier alpha value is -1.18. The Bertz CT molecular complexity index is 621. The average Bonchev–Trinajstić information content (AvgIpc) is 3.06. The van der Waals surface area contributed by atoms with Crippen molar-refractivity contribution < 1.29 is 13.2 Å². The fourth-order valence-corrected chi connectivity index (χ4v) is 4.79. The summed E-state index contributed by atoms with van der Waals surface area (Å²) in [6.45, 7) is 1.26. The highest BCUT2D eigenvalue weighted by Gasteiger charge is 2.33. The molecule has 1 aromatic heterocycles. The van der Waals surface area contributed by atoms with E-state index < -0.39 is 9.84 Å². The summed E-state index contributed by atoms with van der Waals surface area (Å²) in [7, 11) is 0.879. The molecule has 1 unspecified atom stereocenters. The molecule has 0 bridgehead atoms. The molecule has 0 saturated carbocycles. The maximum Gasteiger partial charge on any atom is 0.246 e. The van der Waals surface area contributed by atoms with Crippen molar-refractivity contribution in [1.82, 2.24) is 9.80 Å². The molecule has 0 radical (unpaired) electrons. The molecule has 7 heteroatoms. The quantitative estimate of drug-likeness (QED) is 0.732. The molecule has 2 rings (SSSR count). The lowest BCUT2D eigenvalue weighted by molar-refractivity contribution is -0.127. The first kappa shape index (κ1) is 17.2. The van der Waals surface area contributed by atoms with Gasteiger partial charge in [-0.2, -0.15) is 11.3 Å². The van der Waals surface area contributed by atoms with Gasteiger partial charge in [0.2, 0.25) is 5.91 Å². The molecule has 5 nitrogen and oxygen atoms in total. The maximum absolute atomic E-state index is 12.5. The second-order valence-corrected chi connectivity index (χ2v) is 8.79. The van der Waals surface area contributed by atoms with Crippen LogP contribution in [0.4, 0.5) is 0 Å². The van der Waals surface area contributed by atoms with Crippen molar-refractivity contribution in [3.63, 3.8) is 0 Å². The summed E-state index contributed by atoms with van der Waals surface area (Å²) in [5.74, 6) is 0.144. The van der Waals surface area contributed by atoms with Gasteiger partial charge in [0.05, 0.1) is 11.5 Å². The zero-order valence-electron chi connectivity index (χ0n) is 12.9. The third kappa shape index (κ3) is 4.93. The number of thiophene rings is 1. The van der Waals surface area contributed by atoms with E-state index in [0.29, 0.717) is 19.5 Å². The van der Waals surface area contributed by atoms with Gasteiger partial charge in [0.25, 0.3) is 0 Å². The molecule has 0 aliphatic carbocycles. The van der Waals surface area contributed by atoms with Crippen LogP contribution in [0, 0.1) is 0 Å². The fraction of sp³-hybridized carbons (Fsp3) is 0.533. The molecule has 1 aromatic rings. The molecular weight excluding hydrogens is 320 g/mol. The van der Waals surface area contributed by atoms with Gasteiger partial charge < -0.3 is 9.80 Å². The standard InChI is InChI=1S/C15H22N2O3S2/c1-16(2)7-8-17(14-6-10-22(19,20)12-14)15(18)4-3-13-5-9-21-11-13/h3-5,9,11,14H,6-8,10,12H2,1-2H3/b4-3+. The van der Waals surface area contributed by atoms with E-state index in [1.165, 1.54) is 0 Å². The molecule has 1 amide bonds. The number of hydrogen-bond donors (Lipinski definition) is 0. The Kier molecular flexibility index (Phi) is 5.77. The van der Waals surface area contributed by atoms with E-state index in [9.17, 15) is 13.2 Å². The van der Waals surface area contributed by atoms with E-state index in [1.54, 1.807) is 28.4 Å². The SMILES string of the molecule is CN(C)CCN(C(=O)/C=C/c1ccsc1)C1CCS(=O)(=O)C1. The van der Waals surface area contributed by atoms with Crippen molar-refractivity contribution in [2.24, 2.45) is 0 Å². The Morgan fingerprint density at radius 1 is 1.41 bits per heavy atom. The van der Waals surface area contributed by atoms with E-state index in [1.807, 2.05) is 35.8 Å². The highest BCUT2D eigenvalue weighted by molar-refractivity contribution is 7.91. The lowest BCUT2D eigenvalue weighted by atomic mass is 10.2. The molecule has 1 atom stereocenters. The number of hydrogen-bond acceptors (Lipinski definition) is 5. The first-order chi connectivity index (χ1) is 10.4. The van der Waals surface area contributed by atoms with Crippen LogP contribution in [0.5, 0.6) is 0 Å². The Labute approximate surface area is 136 Å². The zero-order chi connectivity index (χ0) is 16.2. The van der Waals surface area contributed by atoms with Gasteiger partial charge in [0.15, 0.2) is 9.84 Å². The van der Waals surface area contributed by atoms with Crippen molar-refractivity contribution in [2.45, 2.75) is 12.5 Å². The third-order valence-electron chi connectivity index (χ3n) is 3.68. The normalized spacial score (nSPS) is 20.8. The number of carbonyl (C=O) groups is 1. The topological polar surface area (TPSA) is 57.7 Å². The number of likely N-dealkylation sites (N-methyl/N-ethyl adjacent to an activating group) is 1. The van der Waals surface area contributed by atoms with Crippen LogP contribution in [-0.4, -0.2) is 68.9 Å². The molecule has 1 fully saturated rings. The lowest BCUT2D eigenvalue weighted by Gasteiger charge is -2.28. The first-order valence-electron chi connectivity index (χ1n) is 7.23. The van der Waals surface area contributed by atoms with Gasteiger partial charge in [-0.15, -0.1) is 0 Å². The van der Waals surface area contributed by atoms with E-state index >= 15 is 0 Å². The van der Waals surface area contributed by atoms with E-state index in [4.69, 9.17) is 0 Å². The van der Waals surface area contributed by atoms with Crippen molar-refractivity contribution in [3.8, 4) is 0 Å². The number of nitrogens with zero attached hydrogens (tertiary/aromatic N) is 2. The van der Waals surface area contributed by atoms with Crippen LogP contribution in [0.25, 0.3) is 6.08 Å². The van der Waals surface area contributed by atoms with Crippen LogP contribution in [0.2, 0.25) is 0 Å². The van der Waals surface area contributed by atoms with Gasteiger partial charge in [-0.1, -0.05) is 0 Å². The van der Waals surface area contributed by atoms with Crippen LogP contribution < -0.4 is 0 Å². The third-order valence-corrected chi connectivity index (χ3v) is 6.13. The largest absolute Gasteiger partial charge is 0.334 e. The predicted octanol–water partition coefficient (Wildman–Crippen LogP) is 1.34. The summed E-state index contributed by atoms with van der Waals surface area (Å²) >= 11 is 1.58. The number of carbonyl (C=O) groups excluding carboxylic acids is 1. The van der Waals surface area contributed by atoms with Gasteiger partial charge in [-0.3, -0.25) is 4.79 Å². The summed E-state index contributed by atoms with van der Waals surface area (Å²) in [5, 5.41) is 3.92. The van der Waals surface area contributed by atoms with Gasteiger partial charge in [0, 0.05) is 25.2 Å². The average molecular weight is 342 g/mol. The highest BCUT2D eigenvalue weighted by atomic mass is 32.2. The molecule has 22 heavy (non-hydrogen) atoms. The zero-order valence-corrected chi connectivity index (χ0v) is 14.6. The van der Waals surface area contributed by atoms with Gasteiger partial charge in [0.1, 0.15) is 0 Å². The van der Waals surface area contributed by atoms with Gasteiger partial charge in [-0.25, -0.2) is 8.42 Å². The summed E-state index contributed by atoms with van der Waals surface area (Å²) in [4.78, 5) is 16.2. The van der Waals surface area contributed by atoms with Gasteiger partial charge in [-0.05, 0) is 49.0 Å². The highest BCUT2D eigenvalue weighted by Crippen LogP contribution is 2.18. The fourth-order valence-electron chi connectivity index (χ4n) is 2.43. The summed E-state index contributed by atoms with van der Waals surface area (Å²) < 4.78 is 23.4. The molecule has 1 aliphatic rings. The van der Waals surface area contributed by atoms with Crippen molar-refractivity contribution in [1.29, 1.82) is 0 Å². The van der Waals surface area contributed by atoms with E-state index in [-0.39, 0.29) is 23.5 Å². The number of rotatable bonds is 6. The molecule has 2 heterocycles. The Morgan fingerprint density at radius 3 is 2.73 bits per heavy atom. The molecule has 0 N–H and O–H groups in total. The van der Waals surface area contributed by atoms with E-state index in [0.717, 1.165) is 5.56 Å². The van der Waals surface area contributed by atoms with Crippen molar-refractivity contribution >= 4 is 33.2 Å². The summed E-state index contributed by atoms with van der Waals surface area (Å²) in [6, 6.07) is 1.74. The molecule has 1 aliphatic heterocycles.